The molecule has 4 rings (SSSR count). The summed E-state index contributed by atoms with van der Waals surface area (Å²) in [5.41, 5.74) is 1.44. The molecular formula is C21H17FN4O4S2. The Morgan fingerprint density at radius 2 is 1.84 bits per heavy atom. The van der Waals surface area contributed by atoms with Gasteiger partial charge < -0.3 is 4.74 Å². The van der Waals surface area contributed by atoms with Gasteiger partial charge in [0, 0.05) is 0 Å². The van der Waals surface area contributed by atoms with Crippen LogP contribution in [0.4, 0.5) is 4.39 Å². The van der Waals surface area contributed by atoms with E-state index in [4.69, 9.17) is 10.1 Å². The van der Waals surface area contributed by atoms with Crippen molar-refractivity contribution in [3.05, 3.63) is 71.0 Å². The molecule has 0 saturated heterocycles. The molecule has 1 amide bonds. The van der Waals surface area contributed by atoms with Crippen molar-refractivity contribution >= 4 is 49.0 Å². The van der Waals surface area contributed by atoms with Crippen molar-refractivity contribution in [2.75, 3.05) is 5.75 Å². The number of hydrogen-bond acceptors (Lipinski definition) is 7. The number of sulfone groups is 1. The molecule has 2 aromatic rings. The van der Waals surface area contributed by atoms with E-state index in [0.717, 1.165) is 22.3 Å². The highest BCUT2D eigenvalue weighted by Gasteiger charge is 2.39. The largest absolute Gasteiger partial charge is 0.489 e. The maximum Gasteiger partial charge on any atom is 0.283 e. The van der Waals surface area contributed by atoms with Gasteiger partial charge in [-0.2, -0.15) is 10.0 Å². The summed E-state index contributed by atoms with van der Waals surface area (Å²) in [7, 11) is -3.58. The summed E-state index contributed by atoms with van der Waals surface area (Å²) in [4.78, 5) is 16.3. The number of fused-ring (bicyclic) bond motifs is 1. The lowest BCUT2D eigenvalue weighted by atomic mass is 10.1. The number of carbonyl (C=O) groups is 1. The number of amides is 1. The molecule has 0 fully saturated rings. The first-order valence-electron chi connectivity index (χ1n) is 9.47. The Balaban J connectivity index is 1.49. The van der Waals surface area contributed by atoms with E-state index < -0.39 is 15.7 Å². The second kappa shape index (κ2) is 8.67. The maximum atomic E-state index is 13.0. The number of ether oxygens (including phenoxy) is 1. The van der Waals surface area contributed by atoms with Crippen LogP contribution < -0.4 is 4.74 Å². The fraction of sp³-hybridized carbons (Fsp3) is 0.143. The zero-order valence-corrected chi connectivity index (χ0v) is 18.4. The predicted molar refractivity (Wildman–Crippen MR) is 122 cm³/mol. The molecule has 0 saturated carbocycles. The van der Waals surface area contributed by atoms with E-state index in [9.17, 15) is 17.6 Å². The molecule has 0 unspecified atom stereocenters. The fourth-order valence-electron chi connectivity index (χ4n) is 2.80. The first-order valence-corrected chi connectivity index (χ1v) is 11.9. The van der Waals surface area contributed by atoms with Crippen molar-refractivity contribution in [3.63, 3.8) is 0 Å². The molecule has 0 atom stereocenters. The lowest BCUT2D eigenvalue weighted by Gasteiger charge is -2.20. The van der Waals surface area contributed by atoms with Gasteiger partial charge in [-0.05, 0) is 53.2 Å². The van der Waals surface area contributed by atoms with Crippen LogP contribution in [0.3, 0.4) is 0 Å². The van der Waals surface area contributed by atoms with Gasteiger partial charge >= 0.3 is 0 Å². The number of aliphatic imine (C=N–C) groups is 1. The van der Waals surface area contributed by atoms with E-state index in [1.807, 2.05) is 0 Å². The van der Waals surface area contributed by atoms with E-state index in [1.54, 1.807) is 36.4 Å². The topological polar surface area (TPSA) is 112 Å². The molecule has 2 aliphatic rings. The van der Waals surface area contributed by atoms with Crippen molar-refractivity contribution in [2.45, 2.75) is 13.5 Å². The number of benzene rings is 2. The quantitative estimate of drug-likeness (QED) is 0.668. The normalized spacial score (nSPS) is 17.3. The lowest BCUT2D eigenvalue weighted by molar-refractivity contribution is -0.114. The predicted octanol–water partition coefficient (Wildman–Crippen LogP) is 3.42. The molecular weight excluding hydrogens is 455 g/mol. The Hall–Kier alpha value is -3.31. The van der Waals surface area contributed by atoms with E-state index in [1.165, 1.54) is 25.1 Å². The number of halogens is 1. The molecule has 0 radical (unpaired) electrons. The zero-order chi connectivity index (χ0) is 22.9. The summed E-state index contributed by atoms with van der Waals surface area (Å²) in [6.45, 7) is 1.77. The Morgan fingerprint density at radius 3 is 2.50 bits per heavy atom. The minimum absolute atomic E-state index is 0.00627. The fourth-order valence-corrected chi connectivity index (χ4v) is 4.96. The van der Waals surface area contributed by atoms with Gasteiger partial charge in [0.1, 0.15) is 18.2 Å². The van der Waals surface area contributed by atoms with E-state index in [2.05, 4.69) is 10.1 Å². The van der Waals surface area contributed by atoms with Crippen molar-refractivity contribution in [1.82, 2.24) is 5.01 Å². The van der Waals surface area contributed by atoms with Gasteiger partial charge in [0.25, 0.3) is 5.91 Å². The number of thioether (sulfide) groups is 1. The maximum absolute atomic E-state index is 13.0. The highest BCUT2D eigenvalue weighted by molar-refractivity contribution is 8.42. The SMILES string of the molecule is CCS(=O)(=O)C1=NN2C(=N)/C(=C/c3ccc(OCc4ccc(F)cc4)cc3)C(=O)N=C2S1. The van der Waals surface area contributed by atoms with Gasteiger partial charge in [0.15, 0.2) is 5.84 Å². The molecule has 32 heavy (non-hydrogen) atoms. The molecule has 2 aromatic carbocycles. The molecule has 2 aliphatic heterocycles. The number of amidine groups is 2. The average molecular weight is 473 g/mol. The minimum atomic E-state index is -3.58. The Kier molecular flexibility index (Phi) is 5.94. The molecule has 1 N–H and O–H groups in total. The van der Waals surface area contributed by atoms with Crippen LogP contribution in [0.2, 0.25) is 0 Å². The van der Waals surface area contributed by atoms with E-state index in [0.29, 0.717) is 11.3 Å². The number of carbonyl (C=O) groups excluding carboxylic acids is 1. The summed E-state index contributed by atoms with van der Waals surface area (Å²) < 4.78 is 42.6. The number of hydrogen-bond donors (Lipinski definition) is 1. The van der Waals surface area contributed by atoms with Crippen molar-refractivity contribution in [3.8, 4) is 5.75 Å². The third-order valence-corrected chi connectivity index (χ3v) is 7.68. The second-order valence-corrected chi connectivity index (χ2v) is 10.2. The summed E-state index contributed by atoms with van der Waals surface area (Å²) in [6, 6.07) is 12.8. The van der Waals surface area contributed by atoms with Crippen LogP contribution in [0.25, 0.3) is 6.08 Å². The van der Waals surface area contributed by atoms with Gasteiger partial charge in [-0.1, -0.05) is 31.2 Å². The number of nitrogens with zero attached hydrogens (tertiary/aromatic N) is 3. The summed E-state index contributed by atoms with van der Waals surface area (Å²) in [6.07, 6.45) is 1.49. The molecule has 0 bridgehead atoms. The molecule has 0 spiro atoms. The Morgan fingerprint density at radius 1 is 1.16 bits per heavy atom. The van der Waals surface area contributed by atoms with Gasteiger partial charge in [-0.15, -0.1) is 5.10 Å². The summed E-state index contributed by atoms with van der Waals surface area (Å²) >= 11 is 0.760. The molecule has 2 heterocycles. The van der Waals surface area contributed by atoms with E-state index in [-0.39, 0.29) is 39.1 Å². The molecule has 164 valence electrons. The van der Waals surface area contributed by atoms with Gasteiger partial charge in [-0.3, -0.25) is 10.2 Å². The van der Waals surface area contributed by atoms with Crippen LogP contribution in [0.5, 0.6) is 5.75 Å². The average Bonchev–Trinajstić information content (AvgIpc) is 3.22. The Bertz CT molecular complexity index is 1280. The monoisotopic (exact) mass is 472 g/mol. The van der Waals surface area contributed by atoms with Crippen LogP contribution in [0, 0.1) is 11.2 Å². The van der Waals surface area contributed by atoms with Crippen LogP contribution in [0.15, 0.2) is 64.2 Å². The van der Waals surface area contributed by atoms with E-state index >= 15 is 0 Å². The van der Waals surface area contributed by atoms with Crippen LogP contribution in [-0.4, -0.2) is 40.5 Å². The van der Waals surface area contributed by atoms with Crippen molar-refractivity contribution in [1.29, 1.82) is 5.41 Å². The third-order valence-electron chi connectivity index (χ3n) is 4.59. The second-order valence-electron chi connectivity index (χ2n) is 6.77. The molecule has 11 heteroatoms. The summed E-state index contributed by atoms with van der Waals surface area (Å²) in [5.74, 6) is -0.760. The molecule has 0 aromatic heterocycles. The standard InChI is InChI=1S/C21H17FN4O4S2/c1-2-32(28,29)21-25-26-18(23)17(19(27)24-20(26)31-21)11-13-5-9-16(10-6-13)30-12-14-3-7-15(22)8-4-14/h3-11,23H,2,12H2,1H3/b17-11-,23-18?. The first kappa shape index (κ1) is 21.9. The zero-order valence-electron chi connectivity index (χ0n) is 16.8. The highest BCUT2D eigenvalue weighted by Crippen LogP contribution is 2.30. The molecule has 8 nitrogen and oxygen atoms in total. The van der Waals surface area contributed by atoms with Crippen LogP contribution in [-0.2, 0) is 21.2 Å². The van der Waals surface area contributed by atoms with Crippen LogP contribution in [0.1, 0.15) is 18.1 Å². The minimum Gasteiger partial charge on any atom is -0.489 e. The number of hydrazone groups is 1. The smallest absolute Gasteiger partial charge is 0.283 e. The van der Waals surface area contributed by atoms with Gasteiger partial charge in [-0.25, -0.2) is 12.8 Å². The van der Waals surface area contributed by atoms with Gasteiger partial charge in [0.05, 0.1) is 11.3 Å². The lowest BCUT2D eigenvalue weighted by Crippen LogP contribution is -2.35. The number of nitrogens with one attached hydrogen (secondary N) is 1. The molecule has 0 aliphatic carbocycles. The summed E-state index contributed by atoms with van der Waals surface area (Å²) in [5, 5.41) is 13.4. The first-order chi connectivity index (χ1) is 15.3. The highest BCUT2D eigenvalue weighted by atomic mass is 32.3. The van der Waals surface area contributed by atoms with Crippen molar-refractivity contribution < 1.29 is 22.3 Å². The number of rotatable bonds is 5. The van der Waals surface area contributed by atoms with Crippen molar-refractivity contribution in [2.24, 2.45) is 10.1 Å². The Labute approximate surface area is 187 Å². The van der Waals surface area contributed by atoms with Gasteiger partial charge in [0.2, 0.25) is 19.4 Å². The third kappa shape index (κ3) is 4.48. The van der Waals surface area contributed by atoms with Crippen LogP contribution >= 0.6 is 11.8 Å².